The smallest absolute Gasteiger partial charge is 0.240 e. The van der Waals surface area contributed by atoms with Gasteiger partial charge in [-0.2, -0.15) is 5.26 Å². The van der Waals surface area contributed by atoms with Crippen LogP contribution >= 0.6 is 0 Å². The van der Waals surface area contributed by atoms with Gasteiger partial charge >= 0.3 is 0 Å². The number of nitrogens with zero attached hydrogens (tertiary/aromatic N) is 1. The Hall–Kier alpha value is -1.57. The first-order valence-electron chi connectivity index (χ1n) is 4.93. The molecule has 0 rings (SSSR count). The molecule has 15 heavy (non-hydrogen) atoms. The minimum Gasteiger partial charge on any atom is -0.368 e. The fourth-order valence-electron chi connectivity index (χ4n) is 1.12. The summed E-state index contributed by atoms with van der Waals surface area (Å²) in [6.07, 6.45) is 0.835. The van der Waals surface area contributed by atoms with Crippen molar-refractivity contribution in [3.8, 4) is 6.07 Å². The largest absolute Gasteiger partial charge is 0.368 e. The molecule has 0 aromatic heterocycles. The highest BCUT2D eigenvalue weighted by atomic mass is 16.2. The normalized spacial score (nSPS) is 11.9. The lowest BCUT2D eigenvalue weighted by atomic mass is 10.1. The van der Waals surface area contributed by atoms with Crippen molar-refractivity contribution in [1.29, 1.82) is 5.26 Å². The van der Waals surface area contributed by atoms with Crippen molar-refractivity contribution in [2.24, 2.45) is 11.7 Å². The number of rotatable bonds is 6. The van der Waals surface area contributed by atoms with Gasteiger partial charge in [-0.3, -0.25) is 9.59 Å². The molecule has 0 aliphatic carbocycles. The van der Waals surface area contributed by atoms with Crippen molar-refractivity contribution in [2.75, 3.05) is 0 Å². The highest BCUT2D eigenvalue weighted by molar-refractivity contribution is 5.86. The Balaban J connectivity index is 4.11. The monoisotopic (exact) mass is 211 g/mol. The molecule has 0 saturated carbocycles. The van der Waals surface area contributed by atoms with Gasteiger partial charge in [0.05, 0.1) is 6.07 Å². The minimum absolute atomic E-state index is 0.202. The number of hydrogen-bond donors (Lipinski definition) is 2. The summed E-state index contributed by atoms with van der Waals surface area (Å²) in [6.45, 7) is 3.82. The number of amides is 2. The average molecular weight is 211 g/mol. The fraction of sp³-hybridized carbons (Fsp3) is 0.700. The zero-order chi connectivity index (χ0) is 11.8. The molecule has 0 fully saturated rings. The van der Waals surface area contributed by atoms with Crippen LogP contribution in [0.4, 0.5) is 0 Å². The lowest BCUT2D eigenvalue weighted by molar-refractivity contribution is -0.127. The second kappa shape index (κ2) is 6.82. The zero-order valence-corrected chi connectivity index (χ0v) is 9.12. The van der Waals surface area contributed by atoms with Gasteiger partial charge in [0.2, 0.25) is 11.8 Å². The summed E-state index contributed by atoms with van der Waals surface area (Å²) in [5.41, 5.74) is 5.09. The first-order chi connectivity index (χ1) is 6.97. The van der Waals surface area contributed by atoms with Crippen LogP contribution in [0.1, 0.15) is 33.1 Å². The summed E-state index contributed by atoms with van der Waals surface area (Å²) >= 11 is 0. The van der Waals surface area contributed by atoms with Crippen molar-refractivity contribution < 1.29 is 9.59 Å². The molecule has 2 amide bonds. The minimum atomic E-state index is -0.726. The maximum absolute atomic E-state index is 11.3. The Bertz CT molecular complexity index is 268. The van der Waals surface area contributed by atoms with E-state index in [0.717, 1.165) is 0 Å². The Morgan fingerprint density at radius 1 is 1.47 bits per heavy atom. The number of nitrogens with one attached hydrogen (secondary N) is 1. The average Bonchev–Trinajstić information content (AvgIpc) is 2.10. The molecule has 0 aromatic carbocycles. The number of carbonyl (C=O) groups excluding carboxylic acids is 2. The number of nitrogens with two attached hydrogens (primary N) is 1. The van der Waals surface area contributed by atoms with Crippen LogP contribution in [-0.2, 0) is 9.59 Å². The van der Waals surface area contributed by atoms with E-state index in [1.165, 1.54) is 0 Å². The zero-order valence-electron chi connectivity index (χ0n) is 9.12. The molecule has 5 nitrogen and oxygen atoms in total. The number of nitriles is 1. The molecule has 84 valence electrons. The van der Waals surface area contributed by atoms with Gasteiger partial charge in [-0.25, -0.2) is 0 Å². The maximum Gasteiger partial charge on any atom is 0.240 e. The molecular formula is C10H17N3O2. The van der Waals surface area contributed by atoms with Gasteiger partial charge in [0.1, 0.15) is 6.04 Å². The van der Waals surface area contributed by atoms with E-state index >= 15 is 0 Å². The predicted octanol–water partition coefficient (Wildman–Crippen LogP) is 0.306. The van der Waals surface area contributed by atoms with E-state index in [0.29, 0.717) is 6.42 Å². The van der Waals surface area contributed by atoms with E-state index < -0.39 is 11.9 Å². The van der Waals surface area contributed by atoms with Gasteiger partial charge in [0.25, 0.3) is 0 Å². The van der Waals surface area contributed by atoms with E-state index in [2.05, 4.69) is 5.32 Å². The molecule has 0 aliphatic rings. The Labute approximate surface area is 89.6 Å². The summed E-state index contributed by atoms with van der Waals surface area (Å²) in [4.78, 5) is 22.3. The summed E-state index contributed by atoms with van der Waals surface area (Å²) in [5.74, 6) is -0.566. The first-order valence-corrected chi connectivity index (χ1v) is 4.93. The molecule has 3 N–H and O–H groups in total. The van der Waals surface area contributed by atoms with Crippen molar-refractivity contribution >= 4 is 11.8 Å². The lowest BCUT2D eigenvalue weighted by Crippen LogP contribution is -2.44. The highest BCUT2D eigenvalue weighted by Crippen LogP contribution is 2.01. The molecule has 0 unspecified atom stereocenters. The second-order valence-electron chi connectivity index (χ2n) is 3.82. The third-order valence-corrected chi connectivity index (χ3v) is 1.82. The Kier molecular flexibility index (Phi) is 6.11. The van der Waals surface area contributed by atoms with E-state index in [-0.39, 0.29) is 24.7 Å². The molecule has 0 aromatic rings. The van der Waals surface area contributed by atoms with Crippen molar-refractivity contribution in [1.82, 2.24) is 5.32 Å². The molecular weight excluding hydrogens is 194 g/mol. The van der Waals surface area contributed by atoms with Crippen LogP contribution in [0.3, 0.4) is 0 Å². The van der Waals surface area contributed by atoms with Crippen LogP contribution in [-0.4, -0.2) is 17.9 Å². The van der Waals surface area contributed by atoms with E-state index in [1.807, 2.05) is 19.9 Å². The maximum atomic E-state index is 11.3. The SMILES string of the molecule is CC(C)CC(=O)N[C@@H](CCC#N)C(N)=O. The van der Waals surface area contributed by atoms with Crippen molar-refractivity contribution in [3.63, 3.8) is 0 Å². The summed E-state index contributed by atoms with van der Waals surface area (Å²) in [7, 11) is 0. The van der Waals surface area contributed by atoms with Crippen LogP contribution in [0.2, 0.25) is 0 Å². The van der Waals surface area contributed by atoms with Crippen LogP contribution in [0, 0.1) is 17.2 Å². The van der Waals surface area contributed by atoms with Crippen molar-refractivity contribution in [3.05, 3.63) is 0 Å². The van der Waals surface area contributed by atoms with E-state index in [1.54, 1.807) is 0 Å². The Morgan fingerprint density at radius 3 is 2.47 bits per heavy atom. The van der Waals surface area contributed by atoms with Gasteiger partial charge in [0.15, 0.2) is 0 Å². The van der Waals surface area contributed by atoms with Gasteiger partial charge in [-0.1, -0.05) is 13.8 Å². The quantitative estimate of drug-likeness (QED) is 0.661. The molecule has 0 saturated heterocycles. The Morgan fingerprint density at radius 2 is 2.07 bits per heavy atom. The number of hydrogen-bond acceptors (Lipinski definition) is 3. The van der Waals surface area contributed by atoms with E-state index in [9.17, 15) is 9.59 Å². The van der Waals surface area contributed by atoms with Gasteiger partial charge in [0, 0.05) is 12.8 Å². The van der Waals surface area contributed by atoms with Crippen molar-refractivity contribution in [2.45, 2.75) is 39.2 Å². The van der Waals surface area contributed by atoms with Crippen LogP contribution < -0.4 is 11.1 Å². The van der Waals surface area contributed by atoms with Crippen LogP contribution in [0.15, 0.2) is 0 Å². The molecule has 0 heterocycles. The summed E-state index contributed by atoms with van der Waals surface area (Å²) < 4.78 is 0. The highest BCUT2D eigenvalue weighted by Gasteiger charge is 2.17. The molecule has 0 bridgehead atoms. The molecule has 1 atom stereocenters. The third-order valence-electron chi connectivity index (χ3n) is 1.82. The molecule has 0 radical (unpaired) electrons. The molecule has 5 heteroatoms. The first kappa shape index (κ1) is 13.4. The van der Waals surface area contributed by atoms with Crippen LogP contribution in [0.5, 0.6) is 0 Å². The third kappa shape index (κ3) is 6.49. The summed E-state index contributed by atoms with van der Waals surface area (Å²) in [6, 6.07) is 1.18. The summed E-state index contributed by atoms with van der Waals surface area (Å²) in [5, 5.41) is 10.9. The lowest BCUT2D eigenvalue weighted by Gasteiger charge is -2.14. The standard InChI is InChI=1S/C10H17N3O2/c1-7(2)6-9(14)13-8(10(12)15)4-3-5-11/h7-8H,3-4,6H2,1-2H3,(H2,12,15)(H,13,14)/t8-/m0/s1. The topological polar surface area (TPSA) is 96.0 Å². The van der Waals surface area contributed by atoms with Gasteiger partial charge in [-0.05, 0) is 12.3 Å². The predicted molar refractivity (Wildman–Crippen MR) is 55.4 cm³/mol. The fourth-order valence-corrected chi connectivity index (χ4v) is 1.12. The van der Waals surface area contributed by atoms with Gasteiger partial charge in [-0.15, -0.1) is 0 Å². The molecule has 0 aliphatic heterocycles. The number of carbonyl (C=O) groups is 2. The van der Waals surface area contributed by atoms with E-state index in [4.69, 9.17) is 11.0 Å². The molecule has 0 spiro atoms. The number of primary amides is 1. The second-order valence-corrected chi connectivity index (χ2v) is 3.82. The van der Waals surface area contributed by atoms with Gasteiger partial charge < -0.3 is 11.1 Å². The van der Waals surface area contributed by atoms with Crippen LogP contribution in [0.25, 0.3) is 0 Å².